The third-order valence-corrected chi connectivity index (χ3v) is 3.90. The molecule has 1 aromatic rings. The van der Waals surface area contributed by atoms with Gasteiger partial charge in [0.05, 0.1) is 0 Å². The fraction of sp³-hybridized carbons (Fsp3) is 0.500. The number of likely N-dealkylation sites (tertiary alicyclic amines) is 1. The predicted molar refractivity (Wildman–Crippen MR) is 76.2 cm³/mol. The van der Waals surface area contributed by atoms with Crippen molar-refractivity contribution in [1.82, 2.24) is 4.90 Å². The normalized spacial score (nSPS) is 20.8. The molecular weight excluding hydrogens is 254 g/mol. The quantitative estimate of drug-likeness (QED) is 0.852. The molecule has 1 atom stereocenters. The number of carbonyl (C=O) groups is 2. The summed E-state index contributed by atoms with van der Waals surface area (Å²) in [5, 5.41) is 0. The Morgan fingerprint density at radius 2 is 1.95 bits per heavy atom. The first-order valence-corrected chi connectivity index (χ1v) is 6.86. The highest BCUT2D eigenvalue weighted by Gasteiger charge is 2.44. The maximum absolute atomic E-state index is 12.1. The molecule has 0 bridgehead atoms. The van der Waals surface area contributed by atoms with Gasteiger partial charge in [0.15, 0.2) is 0 Å². The number of benzene rings is 1. The van der Waals surface area contributed by atoms with Crippen molar-refractivity contribution in [2.45, 2.75) is 27.4 Å². The second-order valence-corrected chi connectivity index (χ2v) is 6.07. The monoisotopic (exact) mass is 275 g/mol. The highest BCUT2D eigenvalue weighted by atomic mass is 16.6. The van der Waals surface area contributed by atoms with Crippen molar-refractivity contribution in [3.05, 3.63) is 35.9 Å². The average Bonchev–Trinajstić information content (AvgIpc) is 2.73. The van der Waals surface area contributed by atoms with Gasteiger partial charge >= 0.3 is 6.09 Å². The third kappa shape index (κ3) is 3.18. The van der Waals surface area contributed by atoms with E-state index in [1.807, 2.05) is 44.2 Å². The van der Waals surface area contributed by atoms with Crippen LogP contribution < -0.4 is 0 Å². The zero-order valence-electron chi connectivity index (χ0n) is 12.3. The Morgan fingerprint density at radius 1 is 1.30 bits per heavy atom. The minimum absolute atomic E-state index is 0.105. The molecule has 0 aromatic heterocycles. The van der Waals surface area contributed by atoms with Gasteiger partial charge in [0.2, 0.25) is 0 Å². The van der Waals surface area contributed by atoms with Crippen LogP contribution in [0.15, 0.2) is 30.3 Å². The van der Waals surface area contributed by atoms with Crippen LogP contribution in [0.1, 0.15) is 26.3 Å². The van der Waals surface area contributed by atoms with E-state index in [1.54, 1.807) is 11.8 Å². The van der Waals surface area contributed by atoms with Gasteiger partial charge in [-0.05, 0) is 17.9 Å². The van der Waals surface area contributed by atoms with E-state index in [0.29, 0.717) is 13.1 Å². The minimum atomic E-state index is -0.342. The lowest BCUT2D eigenvalue weighted by Crippen LogP contribution is -2.30. The summed E-state index contributed by atoms with van der Waals surface area (Å²) in [6, 6.07) is 9.58. The van der Waals surface area contributed by atoms with Crippen molar-refractivity contribution in [3.8, 4) is 0 Å². The van der Waals surface area contributed by atoms with Crippen LogP contribution in [0.2, 0.25) is 0 Å². The van der Waals surface area contributed by atoms with Gasteiger partial charge in [-0.3, -0.25) is 4.79 Å². The Labute approximate surface area is 119 Å². The molecule has 1 heterocycles. The molecule has 108 valence electrons. The molecule has 0 radical (unpaired) electrons. The van der Waals surface area contributed by atoms with Gasteiger partial charge in [-0.1, -0.05) is 44.2 Å². The number of hydrogen-bond acceptors (Lipinski definition) is 3. The lowest BCUT2D eigenvalue weighted by molar-refractivity contribution is -0.122. The van der Waals surface area contributed by atoms with E-state index >= 15 is 0 Å². The summed E-state index contributed by atoms with van der Waals surface area (Å²) < 4.78 is 5.31. The second kappa shape index (κ2) is 5.65. The molecule has 1 fully saturated rings. The molecule has 1 amide bonds. The molecule has 1 saturated heterocycles. The standard InChI is InChI=1S/C16H21NO3/c1-12(18)14-9-17(11-16(14,2)3)15(19)20-10-13-7-5-4-6-8-13/h4-8,14H,9-11H2,1-3H3. The van der Waals surface area contributed by atoms with Crippen LogP contribution in [0, 0.1) is 11.3 Å². The lowest BCUT2D eigenvalue weighted by Gasteiger charge is -2.22. The summed E-state index contributed by atoms with van der Waals surface area (Å²) in [6.07, 6.45) is -0.342. The van der Waals surface area contributed by atoms with Crippen LogP contribution >= 0.6 is 0 Å². The van der Waals surface area contributed by atoms with Crippen molar-refractivity contribution in [2.75, 3.05) is 13.1 Å². The molecule has 0 N–H and O–H groups in total. The Hall–Kier alpha value is -1.84. The molecule has 2 rings (SSSR count). The molecule has 4 heteroatoms. The molecule has 1 unspecified atom stereocenters. The first-order chi connectivity index (χ1) is 9.40. The molecule has 1 aliphatic rings. The van der Waals surface area contributed by atoms with E-state index in [0.717, 1.165) is 5.56 Å². The summed E-state index contributed by atoms with van der Waals surface area (Å²) in [7, 11) is 0. The highest BCUT2D eigenvalue weighted by Crippen LogP contribution is 2.36. The van der Waals surface area contributed by atoms with Crippen LogP contribution in [-0.4, -0.2) is 29.9 Å². The maximum Gasteiger partial charge on any atom is 0.410 e. The summed E-state index contributed by atoms with van der Waals surface area (Å²) in [4.78, 5) is 25.3. The number of hydrogen-bond donors (Lipinski definition) is 0. The minimum Gasteiger partial charge on any atom is -0.445 e. The summed E-state index contributed by atoms with van der Waals surface area (Å²) in [6.45, 7) is 6.90. The van der Waals surface area contributed by atoms with Crippen LogP contribution in [0.4, 0.5) is 4.79 Å². The van der Waals surface area contributed by atoms with Gasteiger partial charge in [0.25, 0.3) is 0 Å². The molecular formula is C16H21NO3. The van der Waals surface area contributed by atoms with Gasteiger partial charge in [-0.25, -0.2) is 4.79 Å². The Morgan fingerprint density at radius 3 is 2.50 bits per heavy atom. The van der Waals surface area contributed by atoms with Gasteiger partial charge in [0.1, 0.15) is 12.4 Å². The van der Waals surface area contributed by atoms with E-state index < -0.39 is 0 Å². The van der Waals surface area contributed by atoms with Gasteiger partial charge < -0.3 is 9.64 Å². The van der Waals surface area contributed by atoms with E-state index in [4.69, 9.17) is 4.74 Å². The third-order valence-electron chi connectivity index (χ3n) is 3.90. The first-order valence-electron chi connectivity index (χ1n) is 6.86. The first kappa shape index (κ1) is 14.6. The van der Waals surface area contributed by atoms with Crippen LogP contribution in [0.25, 0.3) is 0 Å². The van der Waals surface area contributed by atoms with E-state index in [2.05, 4.69) is 0 Å². The number of ketones is 1. The topological polar surface area (TPSA) is 46.6 Å². The highest BCUT2D eigenvalue weighted by molar-refractivity contribution is 5.81. The molecule has 4 nitrogen and oxygen atoms in total. The second-order valence-electron chi connectivity index (χ2n) is 6.07. The Balaban J connectivity index is 1.93. The van der Waals surface area contributed by atoms with E-state index in [9.17, 15) is 9.59 Å². The van der Waals surface area contributed by atoms with E-state index in [1.165, 1.54) is 0 Å². The van der Waals surface area contributed by atoms with Crippen molar-refractivity contribution in [3.63, 3.8) is 0 Å². The average molecular weight is 275 g/mol. The molecule has 0 aliphatic carbocycles. The number of carbonyl (C=O) groups excluding carboxylic acids is 2. The van der Waals surface area contributed by atoms with Gasteiger partial charge in [-0.15, -0.1) is 0 Å². The Kier molecular flexibility index (Phi) is 4.12. The fourth-order valence-corrected chi connectivity index (χ4v) is 2.76. The zero-order chi connectivity index (χ0) is 14.8. The van der Waals surface area contributed by atoms with Crippen molar-refractivity contribution in [2.24, 2.45) is 11.3 Å². The lowest BCUT2D eigenvalue weighted by atomic mass is 9.80. The Bertz CT molecular complexity index is 496. The molecule has 1 aromatic carbocycles. The number of ether oxygens (including phenoxy) is 1. The number of rotatable bonds is 3. The van der Waals surface area contributed by atoms with Crippen LogP contribution in [0.3, 0.4) is 0 Å². The largest absolute Gasteiger partial charge is 0.445 e. The smallest absolute Gasteiger partial charge is 0.410 e. The number of amides is 1. The summed E-state index contributed by atoms with van der Waals surface area (Å²) in [5.41, 5.74) is 0.778. The summed E-state index contributed by atoms with van der Waals surface area (Å²) >= 11 is 0. The SMILES string of the molecule is CC(=O)C1CN(C(=O)OCc2ccccc2)CC1(C)C. The van der Waals surface area contributed by atoms with Crippen molar-refractivity contribution >= 4 is 11.9 Å². The molecule has 20 heavy (non-hydrogen) atoms. The number of nitrogens with zero attached hydrogens (tertiary/aromatic N) is 1. The van der Waals surface area contributed by atoms with E-state index in [-0.39, 0.29) is 29.8 Å². The van der Waals surface area contributed by atoms with Crippen molar-refractivity contribution in [1.29, 1.82) is 0 Å². The maximum atomic E-state index is 12.1. The zero-order valence-corrected chi connectivity index (χ0v) is 12.3. The molecule has 0 saturated carbocycles. The fourth-order valence-electron chi connectivity index (χ4n) is 2.76. The summed E-state index contributed by atoms with van der Waals surface area (Å²) in [5.74, 6) is 0.0279. The molecule has 1 aliphatic heterocycles. The van der Waals surface area contributed by atoms with Gasteiger partial charge in [0, 0.05) is 19.0 Å². The number of Topliss-reactive ketones (excluding diaryl/α,β-unsaturated/α-hetero) is 1. The van der Waals surface area contributed by atoms with Crippen LogP contribution in [0.5, 0.6) is 0 Å². The van der Waals surface area contributed by atoms with Crippen molar-refractivity contribution < 1.29 is 14.3 Å². The predicted octanol–water partition coefficient (Wildman–Crippen LogP) is 2.87. The van der Waals surface area contributed by atoms with Gasteiger partial charge in [-0.2, -0.15) is 0 Å². The molecule has 0 spiro atoms. The van der Waals surface area contributed by atoms with Crippen LogP contribution in [-0.2, 0) is 16.1 Å².